The first-order chi connectivity index (χ1) is 14.8. The Labute approximate surface area is 177 Å². The number of halogens is 1. The molecule has 0 saturated carbocycles. The van der Waals surface area contributed by atoms with E-state index in [0.29, 0.717) is 28.2 Å². The lowest BCUT2D eigenvalue weighted by atomic mass is 10.1. The molecule has 0 aliphatic heterocycles. The van der Waals surface area contributed by atoms with Gasteiger partial charge in [0, 0.05) is 17.2 Å². The fraction of sp³-hybridized carbons (Fsp3) is 0.0417. The summed E-state index contributed by atoms with van der Waals surface area (Å²) in [5.41, 5.74) is 3.22. The lowest BCUT2D eigenvalue weighted by Crippen LogP contribution is -2.00. The van der Waals surface area contributed by atoms with Gasteiger partial charge in [0.25, 0.3) is 0 Å². The third-order valence-electron chi connectivity index (χ3n) is 4.66. The monoisotopic (exact) mass is 413 g/mol. The van der Waals surface area contributed by atoms with Gasteiger partial charge in [-0.25, -0.2) is 4.98 Å². The zero-order valence-corrected chi connectivity index (χ0v) is 16.6. The van der Waals surface area contributed by atoms with E-state index in [4.69, 9.17) is 20.9 Å². The fourth-order valence-corrected chi connectivity index (χ4v) is 3.42. The molecule has 0 amide bonds. The number of hydrogen-bond acceptors (Lipinski definition) is 5. The van der Waals surface area contributed by atoms with Gasteiger partial charge in [0.1, 0.15) is 5.69 Å². The van der Waals surface area contributed by atoms with Crippen molar-refractivity contribution in [1.82, 2.24) is 15.1 Å². The third-order valence-corrected chi connectivity index (χ3v) is 4.99. The highest BCUT2D eigenvalue weighted by Crippen LogP contribution is 2.29. The number of rotatable bonds is 5. The number of benzene rings is 3. The standard InChI is InChI=1S/C24H16ClN3O2/c25-20-12-6-4-10-18(20)22-14-17(30-28-22)15-29-24-19-11-5-7-13-21(19)26-23(27-24)16-8-2-1-3-9-16/h1-14H,15H2. The molecule has 3 aromatic carbocycles. The van der Waals surface area contributed by atoms with Crippen LogP contribution in [-0.2, 0) is 6.61 Å². The minimum atomic E-state index is 0.187. The lowest BCUT2D eigenvalue weighted by Gasteiger charge is -2.09. The van der Waals surface area contributed by atoms with Crippen molar-refractivity contribution in [3.05, 3.63) is 95.7 Å². The molecular formula is C24H16ClN3O2. The van der Waals surface area contributed by atoms with Crippen molar-refractivity contribution < 1.29 is 9.26 Å². The lowest BCUT2D eigenvalue weighted by molar-refractivity contribution is 0.244. The summed E-state index contributed by atoms with van der Waals surface area (Å²) in [7, 11) is 0. The van der Waals surface area contributed by atoms with Crippen LogP contribution >= 0.6 is 11.6 Å². The molecule has 0 aliphatic rings. The second-order valence-electron chi connectivity index (χ2n) is 6.68. The fourth-order valence-electron chi connectivity index (χ4n) is 3.19. The number of hydrogen-bond donors (Lipinski definition) is 0. The van der Waals surface area contributed by atoms with Crippen LogP contribution in [0.2, 0.25) is 5.02 Å². The van der Waals surface area contributed by atoms with Gasteiger partial charge in [0.05, 0.1) is 15.9 Å². The first-order valence-electron chi connectivity index (χ1n) is 9.43. The van der Waals surface area contributed by atoms with E-state index in [1.807, 2.05) is 84.9 Å². The second kappa shape index (κ2) is 7.97. The van der Waals surface area contributed by atoms with Gasteiger partial charge >= 0.3 is 0 Å². The molecule has 5 rings (SSSR count). The van der Waals surface area contributed by atoms with Gasteiger partial charge in [-0.1, -0.05) is 77.4 Å². The molecule has 0 bridgehead atoms. The van der Waals surface area contributed by atoms with E-state index in [9.17, 15) is 0 Å². The quantitative estimate of drug-likeness (QED) is 0.344. The molecule has 30 heavy (non-hydrogen) atoms. The Balaban J connectivity index is 1.45. The minimum absolute atomic E-state index is 0.187. The molecule has 2 aromatic heterocycles. The number of aromatic nitrogens is 3. The zero-order chi connectivity index (χ0) is 20.3. The molecule has 2 heterocycles. The first kappa shape index (κ1) is 18.3. The van der Waals surface area contributed by atoms with Crippen molar-refractivity contribution in [1.29, 1.82) is 0 Å². The highest BCUT2D eigenvalue weighted by molar-refractivity contribution is 6.33. The van der Waals surface area contributed by atoms with Crippen LogP contribution in [0.3, 0.4) is 0 Å². The zero-order valence-electron chi connectivity index (χ0n) is 15.8. The summed E-state index contributed by atoms with van der Waals surface area (Å²) in [5, 5.41) is 5.57. The van der Waals surface area contributed by atoms with Crippen LogP contribution < -0.4 is 4.74 Å². The summed E-state index contributed by atoms with van der Waals surface area (Å²) < 4.78 is 11.5. The first-order valence-corrected chi connectivity index (χ1v) is 9.81. The number of ether oxygens (including phenoxy) is 1. The van der Waals surface area contributed by atoms with Crippen LogP contribution in [0.5, 0.6) is 5.88 Å². The summed E-state index contributed by atoms with van der Waals surface area (Å²) in [4.78, 5) is 9.32. The van der Waals surface area contributed by atoms with E-state index in [0.717, 1.165) is 22.0 Å². The van der Waals surface area contributed by atoms with Gasteiger partial charge in [-0.3, -0.25) is 0 Å². The largest absolute Gasteiger partial charge is 0.469 e. The maximum absolute atomic E-state index is 6.25. The molecule has 0 atom stereocenters. The van der Waals surface area contributed by atoms with Crippen molar-refractivity contribution in [2.24, 2.45) is 0 Å². The Morgan fingerprint density at radius 2 is 1.60 bits per heavy atom. The summed E-state index contributed by atoms with van der Waals surface area (Å²) in [6.45, 7) is 0.187. The Bertz CT molecular complexity index is 1320. The molecule has 0 N–H and O–H groups in total. The normalized spacial score (nSPS) is 11.0. The van der Waals surface area contributed by atoms with Crippen LogP contribution in [0.1, 0.15) is 5.76 Å². The molecular weight excluding hydrogens is 398 g/mol. The molecule has 0 unspecified atom stereocenters. The number of fused-ring (bicyclic) bond motifs is 1. The molecule has 0 radical (unpaired) electrons. The van der Waals surface area contributed by atoms with Gasteiger partial charge in [0.15, 0.2) is 18.2 Å². The van der Waals surface area contributed by atoms with E-state index >= 15 is 0 Å². The highest BCUT2D eigenvalue weighted by atomic mass is 35.5. The molecule has 0 fully saturated rings. The molecule has 5 nitrogen and oxygen atoms in total. The van der Waals surface area contributed by atoms with Crippen molar-refractivity contribution in [3.63, 3.8) is 0 Å². The summed E-state index contributed by atoms with van der Waals surface area (Å²) >= 11 is 6.25. The van der Waals surface area contributed by atoms with Gasteiger partial charge in [-0.2, -0.15) is 4.98 Å². The molecule has 0 spiro atoms. The number of nitrogens with zero attached hydrogens (tertiary/aromatic N) is 3. The van der Waals surface area contributed by atoms with Gasteiger partial charge < -0.3 is 9.26 Å². The summed E-state index contributed by atoms with van der Waals surface area (Å²) in [5.74, 6) is 1.68. The SMILES string of the molecule is Clc1ccccc1-c1cc(COc2nc(-c3ccccc3)nc3ccccc23)on1. The summed E-state index contributed by atoms with van der Waals surface area (Å²) in [6, 6.07) is 26.9. The third kappa shape index (κ3) is 3.63. The second-order valence-corrected chi connectivity index (χ2v) is 7.09. The highest BCUT2D eigenvalue weighted by Gasteiger charge is 2.13. The summed E-state index contributed by atoms with van der Waals surface area (Å²) in [6.07, 6.45) is 0. The molecule has 0 saturated heterocycles. The predicted octanol–water partition coefficient (Wildman–Crippen LogP) is 6.18. The van der Waals surface area contributed by atoms with E-state index in [1.54, 1.807) is 0 Å². The maximum atomic E-state index is 6.25. The van der Waals surface area contributed by atoms with Crippen LogP contribution in [0.15, 0.2) is 89.5 Å². The van der Waals surface area contributed by atoms with Crippen LogP contribution in [0.25, 0.3) is 33.5 Å². The Morgan fingerprint density at radius 1 is 0.833 bits per heavy atom. The molecule has 146 valence electrons. The Hall–Kier alpha value is -3.70. The van der Waals surface area contributed by atoms with Crippen LogP contribution in [0.4, 0.5) is 0 Å². The van der Waals surface area contributed by atoms with Crippen molar-refractivity contribution in [2.75, 3.05) is 0 Å². The maximum Gasteiger partial charge on any atom is 0.225 e. The Kier molecular flexibility index (Phi) is 4.87. The average molecular weight is 414 g/mol. The Morgan fingerprint density at radius 3 is 2.47 bits per heavy atom. The molecule has 0 aliphatic carbocycles. The van der Waals surface area contributed by atoms with Gasteiger partial charge in [-0.05, 0) is 18.2 Å². The van der Waals surface area contributed by atoms with E-state index in [2.05, 4.69) is 15.1 Å². The average Bonchev–Trinajstić information content (AvgIpc) is 3.27. The smallest absolute Gasteiger partial charge is 0.225 e. The number of para-hydroxylation sites is 1. The minimum Gasteiger partial charge on any atom is -0.469 e. The van der Waals surface area contributed by atoms with Crippen molar-refractivity contribution in [3.8, 4) is 28.5 Å². The van der Waals surface area contributed by atoms with Crippen molar-refractivity contribution >= 4 is 22.5 Å². The predicted molar refractivity (Wildman–Crippen MR) is 116 cm³/mol. The van der Waals surface area contributed by atoms with E-state index in [1.165, 1.54) is 0 Å². The van der Waals surface area contributed by atoms with E-state index < -0.39 is 0 Å². The van der Waals surface area contributed by atoms with Gasteiger partial charge in [-0.15, -0.1) is 0 Å². The van der Waals surface area contributed by atoms with Crippen LogP contribution in [0, 0.1) is 0 Å². The van der Waals surface area contributed by atoms with Gasteiger partial charge in [0.2, 0.25) is 5.88 Å². The molecule has 6 heteroatoms. The molecule has 5 aromatic rings. The van der Waals surface area contributed by atoms with Crippen LogP contribution in [-0.4, -0.2) is 15.1 Å². The van der Waals surface area contributed by atoms with E-state index in [-0.39, 0.29) is 6.61 Å². The topological polar surface area (TPSA) is 61.0 Å². The van der Waals surface area contributed by atoms with Crippen molar-refractivity contribution in [2.45, 2.75) is 6.61 Å².